The first-order chi connectivity index (χ1) is 9.20. The number of nitrogens with two attached hydrogens (primary N) is 1. The van der Waals surface area contributed by atoms with Crippen molar-refractivity contribution in [2.45, 2.75) is 6.42 Å². The van der Waals surface area contributed by atoms with Crippen LogP contribution in [0, 0.1) is 0 Å². The lowest BCUT2D eigenvalue weighted by atomic mass is 10.2. The van der Waals surface area contributed by atoms with Gasteiger partial charge in [0.2, 0.25) is 0 Å². The van der Waals surface area contributed by atoms with Crippen LogP contribution in [0.15, 0.2) is 35.0 Å². The summed E-state index contributed by atoms with van der Waals surface area (Å²) in [6.45, 7) is 0.350. The highest BCUT2D eigenvalue weighted by atomic mass is 32.1. The van der Waals surface area contributed by atoms with Gasteiger partial charge in [-0.25, -0.2) is 4.79 Å². The minimum absolute atomic E-state index is 0.350. The zero-order valence-corrected chi connectivity index (χ0v) is 11.4. The number of thiophene rings is 1. The van der Waals surface area contributed by atoms with Gasteiger partial charge in [0, 0.05) is 18.2 Å². The van der Waals surface area contributed by atoms with Crippen molar-refractivity contribution in [1.82, 2.24) is 0 Å². The van der Waals surface area contributed by atoms with E-state index in [2.05, 4.69) is 0 Å². The van der Waals surface area contributed by atoms with Crippen molar-refractivity contribution in [3.05, 3.63) is 46.2 Å². The maximum Gasteiger partial charge on any atom is 0.341 e. The lowest BCUT2D eigenvalue weighted by Crippen LogP contribution is -2.09. The highest BCUT2D eigenvalue weighted by Crippen LogP contribution is 2.22. The number of rotatable bonds is 5. The van der Waals surface area contributed by atoms with Crippen LogP contribution in [-0.4, -0.2) is 19.7 Å². The monoisotopic (exact) mass is 277 g/mol. The molecule has 0 fully saturated rings. The van der Waals surface area contributed by atoms with E-state index in [0.717, 1.165) is 0 Å². The SMILES string of the molecule is COc1cc(N)ccc1C(=O)OCCc1ccsc1. The molecule has 0 amide bonds. The summed E-state index contributed by atoms with van der Waals surface area (Å²) in [4.78, 5) is 11.9. The Morgan fingerprint density at radius 1 is 1.37 bits per heavy atom. The van der Waals surface area contributed by atoms with Crippen LogP contribution in [-0.2, 0) is 11.2 Å². The van der Waals surface area contributed by atoms with Gasteiger partial charge in [0.1, 0.15) is 11.3 Å². The van der Waals surface area contributed by atoms with Crippen molar-refractivity contribution in [1.29, 1.82) is 0 Å². The van der Waals surface area contributed by atoms with Crippen molar-refractivity contribution >= 4 is 23.0 Å². The third kappa shape index (κ3) is 3.48. The van der Waals surface area contributed by atoms with E-state index in [1.807, 2.05) is 16.8 Å². The lowest BCUT2D eigenvalue weighted by Gasteiger charge is -2.09. The molecule has 0 aliphatic rings. The number of carbonyl (C=O) groups is 1. The average Bonchev–Trinajstić information content (AvgIpc) is 2.91. The second kappa shape index (κ2) is 6.24. The Bertz CT molecular complexity index is 552. The minimum atomic E-state index is -0.396. The number of esters is 1. The van der Waals surface area contributed by atoms with Gasteiger partial charge in [-0.2, -0.15) is 11.3 Å². The van der Waals surface area contributed by atoms with Gasteiger partial charge in [0.05, 0.1) is 13.7 Å². The molecule has 0 spiro atoms. The van der Waals surface area contributed by atoms with E-state index in [1.165, 1.54) is 12.7 Å². The molecule has 5 heteroatoms. The number of methoxy groups -OCH3 is 1. The van der Waals surface area contributed by atoms with E-state index < -0.39 is 5.97 Å². The first-order valence-corrected chi connectivity index (χ1v) is 6.76. The summed E-state index contributed by atoms with van der Waals surface area (Å²) < 4.78 is 10.3. The molecule has 0 aliphatic carbocycles. The molecule has 1 aromatic carbocycles. The van der Waals surface area contributed by atoms with E-state index >= 15 is 0 Å². The smallest absolute Gasteiger partial charge is 0.341 e. The van der Waals surface area contributed by atoms with Crippen molar-refractivity contribution < 1.29 is 14.3 Å². The van der Waals surface area contributed by atoms with Crippen molar-refractivity contribution in [2.75, 3.05) is 19.5 Å². The molecule has 1 heterocycles. The van der Waals surface area contributed by atoms with Crippen LogP contribution in [0.5, 0.6) is 5.75 Å². The van der Waals surface area contributed by atoms with Gasteiger partial charge >= 0.3 is 5.97 Å². The van der Waals surface area contributed by atoms with Crippen LogP contribution in [0.25, 0.3) is 0 Å². The van der Waals surface area contributed by atoms with Crippen LogP contribution in [0.4, 0.5) is 5.69 Å². The largest absolute Gasteiger partial charge is 0.496 e. The molecule has 100 valence electrons. The third-order valence-electron chi connectivity index (χ3n) is 2.65. The summed E-state index contributed by atoms with van der Waals surface area (Å²) in [5.74, 6) is 0.0348. The maximum absolute atomic E-state index is 11.9. The summed E-state index contributed by atoms with van der Waals surface area (Å²) in [5.41, 5.74) is 7.74. The molecule has 0 bridgehead atoms. The number of hydrogen-bond acceptors (Lipinski definition) is 5. The topological polar surface area (TPSA) is 61.5 Å². The number of ether oxygens (including phenoxy) is 2. The van der Waals surface area contributed by atoms with Gasteiger partial charge in [-0.15, -0.1) is 0 Å². The molecule has 2 aromatic rings. The normalized spacial score (nSPS) is 10.2. The van der Waals surface area contributed by atoms with E-state index in [4.69, 9.17) is 15.2 Å². The molecule has 0 saturated heterocycles. The first kappa shape index (κ1) is 13.4. The molecule has 0 saturated carbocycles. The van der Waals surface area contributed by atoms with E-state index in [9.17, 15) is 4.79 Å². The van der Waals surface area contributed by atoms with Crippen LogP contribution < -0.4 is 10.5 Å². The molecular formula is C14H15NO3S. The van der Waals surface area contributed by atoms with Gasteiger partial charge < -0.3 is 15.2 Å². The van der Waals surface area contributed by atoms with Gasteiger partial charge in [-0.05, 0) is 34.5 Å². The number of hydrogen-bond donors (Lipinski definition) is 1. The molecule has 0 aliphatic heterocycles. The summed E-state index contributed by atoms with van der Waals surface area (Å²) in [7, 11) is 1.50. The van der Waals surface area contributed by atoms with Crippen molar-refractivity contribution in [3.8, 4) is 5.75 Å². The van der Waals surface area contributed by atoms with Crippen LogP contribution in [0.2, 0.25) is 0 Å². The summed E-state index contributed by atoms with van der Waals surface area (Å²) in [6.07, 6.45) is 0.715. The summed E-state index contributed by atoms with van der Waals surface area (Å²) in [6, 6.07) is 6.89. The first-order valence-electron chi connectivity index (χ1n) is 5.82. The molecule has 1 aromatic heterocycles. The van der Waals surface area contributed by atoms with Crippen molar-refractivity contribution in [2.24, 2.45) is 0 Å². The minimum Gasteiger partial charge on any atom is -0.496 e. The second-order valence-corrected chi connectivity index (χ2v) is 4.76. The number of carbonyl (C=O) groups excluding carboxylic acids is 1. The Morgan fingerprint density at radius 2 is 2.21 bits per heavy atom. The Morgan fingerprint density at radius 3 is 2.89 bits per heavy atom. The molecule has 0 unspecified atom stereocenters. The standard InChI is InChI=1S/C14H15NO3S/c1-17-13-8-11(15)2-3-12(13)14(16)18-6-4-10-5-7-19-9-10/h2-3,5,7-9H,4,6,15H2,1H3. The van der Waals surface area contributed by atoms with Crippen LogP contribution in [0.1, 0.15) is 15.9 Å². The second-order valence-electron chi connectivity index (χ2n) is 3.98. The van der Waals surface area contributed by atoms with Crippen LogP contribution >= 0.6 is 11.3 Å². The van der Waals surface area contributed by atoms with E-state index in [1.54, 1.807) is 29.5 Å². The fourth-order valence-electron chi connectivity index (χ4n) is 1.65. The van der Waals surface area contributed by atoms with Gasteiger partial charge in [0.25, 0.3) is 0 Å². The zero-order valence-electron chi connectivity index (χ0n) is 10.6. The average molecular weight is 277 g/mol. The Hall–Kier alpha value is -2.01. The Kier molecular flexibility index (Phi) is 4.41. The Balaban J connectivity index is 1.96. The highest BCUT2D eigenvalue weighted by molar-refractivity contribution is 7.07. The fourth-order valence-corrected chi connectivity index (χ4v) is 2.35. The summed E-state index contributed by atoms with van der Waals surface area (Å²) in [5, 5.41) is 4.04. The zero-order chi connectivity index (χ0) is 13.7. The van der Waals surface area contributed by atoms with Crippen LogP contribution in [0.3, 0.4) is 0 Å². The third-order valence-corrected chi connectivity index (χ3v) is 3.38. The highest BCUT2D eigenvalue weighted by Gasteiger charge is 2.13. The van der Waals surface area contributed by atoms with Gasteiger partial charge in [0.15, 0.2) is 0 Å². The molecule has 4 nitrogen and oxygen atoms in total. The summed E-state index contributed by atoms with van der Waals surface area (Å²) >= 11 is 1.63. The predicted octanol–water partition coefficient (Wildman–Crippen LogP) is 2.74. The lowest BCUT2D eigenvalue weighted by molar-refractivity contribution is 0.0506. The number of anilines is 1. The molecule has 0 radical (unpaired) electrons. The van der Waals surface area contributed by atoms with Gasteiger partial charge in [-0.3, -0.25) is 0 Å². The quantitative estimate of drug-likeness (QED) is 0.674. The molecule has 2 rings (SSSR count). The molecular weight excluding hydrogens is 262 g/mol. The van der Waals surface area contributed by atoms with E-state index in [-0.39, 0.29) is 0 Å². The predicted molar refractivity (Wildman–Crippen MR) is 75.7 cm³/mol. The van der Waals surface area contributed by atoms with Gasteiger partial charge in [-0.1, -0.05) is 0 Å². The fraction of sp³-hybridized carbons (Fsp3) is 0.214. The van der Waals surface area contributed by atoms with Crippen molar-refractivity contribution in [3.63, 3.8) is 0 Å². The molecule has 2 N–H and O–H groups in total. The molecule has 0 atom stereocenters. The van der Waals surface area contributed by atoms with E-state index in [0.29, 0.717) is 30.0 Å². The number of benzene rings is 1. The maximum atomic E-state index is 11.9. The number of nitrogen functional groups attached to an aromatic ring is 1. The molecule has 19 heavy (non-hydrogen) atoms. The Labute approximate surface area is 115 Å².